The fraction of sp³-hybridized carbons (Fsp3) is 0.571. The highest BCUT2D eigenvalue weighted by atomic mass is 32.2. The van der Waals surface area contributed by atoms with Crippen LogP contribution < -0.4 is 5.32 Å². The maximum atomic E-state index is 11.4. The zero-order valence-electron chi connectivity index (χ0n) is 13.0. The Balaban J connectivity index is 2.65. The number of nitrogens with one attached hydrogen (secondary N) is 1. The normalized spacial score (nSPS) is 11.6. The maximum absolute atomic E-state index is 11.4. The topological polar surface area (TPSA) is 98.5 Å². The second-order valence-electron chi connectivity index (χ2n) is 5.46. The molecular formula is C14H22N2O5S. The minimum absolute atomic E-state index is 0.0648. The van der Waals surface area contributed by atoms with Crippen LogP contribution in [0.3, 0.4) is 0 Å². The Bertz CT molecular complexity index is 614. The maximum Gasteiger partial charge on any atom is 0.293 e. The number of nitrogens with zero attached hydrogens (tertiary/aromatic N) is 1. The number of nitro groups is 1. The summed E-state index contributed by atoms with van der Waals surface area (Å²) >= 11 is 0. The van der Waals surface area contributed by atoms with Crippen LogP contribution in [0.25, 0.3) is 0 Å². The lowest BCUT2D eigenvalue weighted by molar-refractivity contribution is -0.384. The van der Waals surface area contributed by atoms with E-state index in [9.17, 15) is 18.5 Å². The Kier molecular flexibility index (Phi) is 6.76. The molecule has 0 atom stereocenters. The monoisotopic (exact) mass is 330 g/mol. The molecule has 1 aromatic rings. The third-order valence-corrected chi connectivity index (χ3v) is 3.94. The molecule has 0 radical (unpaired) electrons. The van der Waals surface area contributed by atoms with Gasteiger partial charge in [0.25, 0.3) is 5.69 Å². The van der Waals surface area contributed by atoms with E-state index in [0.29, 0.717) is 37.8 Å². The summed E-state index contributed by atoms with van der Waals surface area (Å²) in [6.45, 7) is 5.89. The van der Waals surface area contributed by atoms with Crippen LogP contribution in [0.5, 0.6) is 0 Å². The Hall–Kier alpha value is -1.67. The molecule has 124 valence electrons. The standard InChI is InChI=1S/C14H22N2O5S/c1-11(2)10-21-8-4-7-15-13-6-5-12(22(3,19)20)9-14(13)16(17)18/h5-6,9,11,15H,4,7-8,10H2,1-3H3. The number of sulfone groups is 1. The summed E-state index contributed by atoms with van der Waals surface area (Å²) in [6.07, 6.45) is 1.73. The molecule has 1 aromatic carbocycles. The second-order valence-corrected chi connectivity index (χ2v) is 7.47. The SMILES string of the molecule is CC(C)COCCCNc1ccc(S(C)(=O)=O)cc1[N+](=O)[O-]. The average Bonchev–Trinajstić information content (AvgIpc) is 2.41. The van der Waals surface area contributed by atoms with Gasteiger partial charge in [-0.05, 0) is 24.5 Å². The summed E-state index contributed by atoms with van der Waals surface area (Å²) in [7, 11) is -3.47. The van der Waals surface area contributed by atoms with E-state index in [-0.39, 0.29) is 10.6 Å². The molecule has 0 saturated carbocycles. The van der Waals surface area contributed by atoms with Crippen LogP contribution in [0.1, 0.15) is 20.3 Å². The highest BCUT2D eigenvalue weighted by Crippen LogP contribution is 2.27. The summed E-state index contributed by atoms with van der Waals surface area (Å²) in [6, 6.07) is 3.86. The van der Waals surface area contributed by atoms with E-state index < -0.39 is 14.8 Å². The van der Waals surface area contributed by atoms with E-state index in [1.54, 1.807) is 0 Å². The number of rotatable bonds is 9. The molecule has 7 nitrogen and oxygen atoms in total. The Morgan fingerprint density at radius 2 is 2.05 bits per heavy atom. The zero-order chi connectivity index (χ0) is 16.8. The molecule has 0 spiro atoms. The minimum Gasteiger partial charge on any atom is -0.381 e. The number of benzene rings is 1. The first-order valence-corrected chi connectivity index (χ1v) is 8.91. The van der Waals surface area contributed by atoms with E-state index in [1.807, 2.05) is 0 Å². The Morgan fingerprint density at radius 3 is 2.59 bits per heavy atom. The van der Waals surface area contributed by atoms with E-state index in [4.69, 9.17) is 4.74 Å². The Labute approximate surface area is 130 Å². The molecule has 0 fully saturated rings. The molecular weight excluding hydrogens is 308 g/mol. The molecule has 0 amide bonds. The predicted octanol–water partition coefficient (Wildman–Crippen LogP) is 2.47. The van der Waals surface area contributed by atoms with Gasteiger partial charge in [0, 0.05) is 32.1 Å². The van der Waals surface area contributed by atoms with Crippen molar-refractivity contribution in [2.45, 2.75) is 25.2 Å². The van der Waals surface area contributed by atoms with E-state index in [1.165, 1.54) is 12.1 Å². The lowest BCUT2D eigenvalue weighted by Crippen LogP contribution is -2.10. The predicted molar refractivity (Wildman–Crippen MR) is 85.0 cm³/mol. The van der Waals surface area contributed by atoms with Crippen molar-refractivity contribution in [3.63, 3.8) is 0 Å². The van der Waals surface area contributed by atoms with E-state index in [0.717, 1.165) is 12.3 Å². The van der Waals surface area contributed by atoms with E-state index >= 15 is 0 Å². The van der Waals surface area contributed by atoms with Gasteiger partial charge >= 0.3 is 0 Å². The molecule has 1 rings (SSSR count). The van der Waals surface area contributed by atoms with Crippen LogP contribution >= 0.6 is 0 Å². The quantitative estimate of drug-likeness (QED) is 0.424. The molecule has 1 N–H and O–H groups in total. The van der Waals surface area contributed by atoms with Crippen LogP contribution in [0.15, 0.2) is 23.1 Å². The minimum atomic E-state index is -3.47. The van der Waals surface area contributed by atoms with Crippen molar-refractivity contribution in [1.29, 1.82) is 0 Å². The summed E-state index contributed by atoms with van der Waals surface area (Å²) in [4.78, 5) is 10.4. The molecule has 0 bridgehead atoms. The molecule has 0 aliphatic carbocycles. The average molecular weight is 330 g/mol. The third kappa shape index (κ3) is 5.98. The van der Waals surface area contributed by atoms with Gasteiger partial charge in [-0.1, -0.05) is 13.8 Å². The van der Waals surface area contributed by atoms with Gasteiger partial charge in [-0.2, -0.15) is 0 Å². The van der Waals surface area contributed by atoms with Crippen LogP contribution in [0.4, 0.5) is 11.4 Å². The summed E-state index contributed by atoms with van der Waals surface area (Å²) in [5.41, 5.74) is 0.0623. The molecule has 0 saturated heterocycles. The summed E-state index contributed by atoms with van der Waals surface area (Å²) < 4.78 is 28.3. The van der Waals surface area contributed by atoms with Gasteiger partial charge in [0.2, 0.25) is 0 Å². The lowest BCUT2D eigenvalue weighted by Gasteiger charge is -2.09. The van der Waals surface area contributed by atoms with Gasteiger partial charge in [-0.25, -0.2) is 8.42 Å². The van der Waals surface area contributed by atoms with Gasteiger partial charge in [-0.15, -0.1) is 0 Å². The summed E-state index contributed by atoms with van der Waals surface area (Å²) in [5.74, 6) is 0.470. The van der Waals surface area contributed by atoms with Crippen LogP contribution in [-0.4, -0.2) is 39.4 Å². The number of hydrogen-bond donors (Lipinski definition) is 1. The van der Waals surface area contributed by atoms with Crippen LogP contribution in [-0.2, 0) is 14.6 Å². The fourth-order valence-electron chi connectivity index (χ4n) is 1.76. The highest BCUT2D eigenvalue weighted by molar-refractivity contribution is 7.90. The zero-order valence-corrected chi connectivity index (χ0v) is 13.9. The largest absolute Gasteiger partial charge is 0.381 e. The number of ether oxygens (including phenoxy) is 1. The molecule has 8 heteroatoms. The van der Waals surface area contributed by atoms with Crippen molar-refractivity contribution in [2.75, 3.05) is 31.3 Å². The van der Waals surface area contributed by atoms with Gasteiger partial charge < -0.3 is 10.1 Å². The molecule has 0 unspecified atom stereocenters. The van der Waals surface area contributed by atoms with Gasteiger partial charge in [-0.3, -0.25) is 10.1 Å². The van der Waals surface area contributed by atoms with Crippen LogP contribution in [0, 0.1) is 16.0 Å². The molecule has 0 aromatic heterocycles. The van der Waals surface area contributed by atoms with Crippen LogP contribution in [0.2, 0.25) is 0 Å². The first-order valence-electron chi connectivity index (χ1n) is 7.02. The Morgan fingerprint density at radius 1 is 1.36 bits per heavy atom. The molecule has 0 aliphatic rings. The van der Waals surface area contributed by atoms with E-state index in [2.05, 4.69) is 19.2 Å². The fourth-order valence-corrected chi connectivity index (χ4v) is 2.40. The third-order valence-electron chi connectivity index (χ3n) is 2.83. The van der Waals surface area contributed by atoms with Crippen molar-refractivity contribution in [3.8, 4) is 0 Å². The van der Waals surface area contributed by atoms with Crippen molar-refractivity contribution in [2.24, 2.45) is 5.92 Å². The summed E-state index contributed by atoms with van der Waals surface area (Å²) in [5, 5.41) is 14.0. The van der Waals surface area contributed by atoms with Crippen molar-refractivity contribution in [1.82, 2.24) is 0 Å². The van der Waals surface area contributed by atoms with Gasteiger partial charge in [0.05, 0.1) is 9.82 Å². The van der Waals surface area contributed by atoms with Crippen molar-refractivity contribution in [3.05, 3.63) is 28.3 Å². The number of hydrogen-bond acceptors (Lipinski definition) is 6. The number of anilines is 1. The smallest absolute Gasteiger partial charge is 0.293 e. The molecule has 0 heterocycles. The second kappa shape index (κ2) is 8.09. The van der Waals surface area contributed by atoms with Gasteiger partial charge in [0.1, 0.15) is 5.69 Å². The molecule has 0 aliphatic heterocycles. The highest BCUT2D eigenvalue weighted by Gasteiger charge is 2.18. The lowest BCUT2D eigenvalue weighted by atomic mass is 10.2. The first-order chi connectivity index (χ1) is 10.2. The first kappa shape index (κ1) is 18.4. The van der Waals surface area contributed by atoms with Crippen molar-refractivity contribution >= 4 is 21.2 Å². The number of nitro benzene ring substituents is 1. The van der Waals surface area contributed by atoms with Crippen molar-refractivity contribution < 1.29 is 18.1 Å². The van der Waals surface area contributed by atoms with Gasteiger partial charge in [0.15, 0.2) is 9.84 Å². The molecule has 22 heavy (non-hydrogen) atoms.